The Morgan fingerprint density at radius 2 is 1.92 bits per heavy atom. The Hall–Kier alpha value is -3.96. The highest BCUT2D eigenvalue weighted by Crippen LogP contribution is 2.35. The summed E-state index contributed by atoms with van der Waals surface area (Å²) < 4.78 is 6.38. The highest BCUT2D eigenvalue weighted by atomic mass is 16.5. The number of nitrogens with two attached hydrogens (primary N) is 1. The van der Waals surface area contributed by atoms with Crippen LogP contribution in [0.3, 0.4) is 0 Å². The number of aromatic nitrogens is 2. The van der Waals surface area contributed by atoms with Gasteiger partial charge in [0, 0.05) is 36.8 Å². The summed E-state index contributed by atoms with van der Waals surface area (Å²) in [4.78, 5) is 23.5. The van der Waals surface area contributed by atoms with Gasteiger partial charge in [0.2, 0.25) is 17.7 Å². The molecule has 1 fully saturated rings. The lowest BCUT2D eigenvalue weighted by molar-refractivity contribution is 0.1000. The number of carbonyl (C=O) groups excluding carboxylic acids is 1. The number of rotatable bonds is 7. The zero-order chi connectivity index (χ0) is 25.9. The van der Waals surface area contributed by atoms with Gasteiger partial charge in [-0.15, -0.1) is 0 Å². The van der Waals surface area contributed by atoms with Gasteiger partial charge in [-0.05, 0) is 86.9 Å². The predicted molar refractivity (Wildman–Crippen MR) is 142 cm³/mol. The quantitative estimate of drug-likeness (QED) is 0.497. The summed E-state index contributed by atoms with van der Waals surface area (Å²) in [5, 5.41) is 12.8. The number of likely N-dealkylation sites (tertiary alicyclic amines) is 1. The van der Waals surface area contributed by atoms with E-state index in [2.05, 4.69) is 16.3 Å². The maximum Gasteiger partial charge on any atom is 0.248 e. The maximum atomic E-state index is 11.5. The van der Waals surface area contributed by atoms with E-state index in [1.807, 2.05) is 44.2 Å². The van der Waals surface area contributed by atoms with Crippen molar-refractivity contribution in [1.82, 2.24) is 14.9 Å². The van der Waals surface area contributed by atoms with Gasteiger partial charge in [-0.1, -0.05) is 12.1 Å². The number of hydrogen-bond donors (Lipinski definition) is 2. The second-order valence-electron chi connectivity index (χ2n) is 10.0. The zero-order valence-electron chi connectivity index (χ0n) is 21.4. The second-order valence-corrected chi connectivity index (χ2v) is 10.0. The average molecular weight is 497 g/mol. The van der Waals surface area contributed by atoms with Gasteiger partial charge in [-0.2, -0.15) is 10.2 Å². The molecule has 8 heteroatoms. The summed E-state index contributed by atoms with van der Waals surface area (Å²) in [5.74, 6) is 1.60. The largest absolute Gasteiger partial charge is 0.438 e. The van der Waals surface area contributed by atoms with Crippen molar-refractivity contribution in [2.24, 2.45) is 5.73 Å². The van der Waals surface area contributed by atoms with Crippen LogP contribution >= 0.6 is 0 Å². The molecule has 0 unspecified atom stereocenters. The van der Waals surface area contributed by atoms with Gasteiger partial charge < -0.3 is 15.8 Å². The van der Waals surface area contributed by atoms with Crippen LogP contribution in [0.4, 0.5) is 5.95 Å². The molecule has 0 spiro atoms. The van der Waals surface area contributed by atoms with Crippen molar-refractivity contribution in [3.05, 3.63) is 75.5 Å². The van der Waals surface area contributed by atoms with E-state index in [4.69, 9.17) is 20.4 Å². The normalized spacial score (nSPS) is 15.7. The molecule has 1 aliphatic heterocycles. The van der Waals surface area contributed by atoms with Crippen molar-refractivity contribution in [3.63, 3.8) is 0 Å². The molecule has 5 rings (SSSR count). The molecule has 3 aromatic rings. The third-order valence-corrected chi connectivity index (χ3v) is 7.22. The summed E-state index contributed by atoms with van der Waals surface area (Å²) in [5.41, 5.74) is 11.7. The summed E-state index contributed by atoms with van der Waals surface area (Å²) in [6.45, 7) is 6.60. The van der Waals surface area contributed by atoms with Crippen molar-refractivity contribution in [1.29, 1.82) is 5.26 Å². The molecule has 2 aromatic carbocycles. The van der Waals surface area contributed by atoms with E-state index in [1.54, 1.807) is 6.07 Å². The van der Waals surface area contributed by atoms with E-state index >= 15 is 0 Å². The number of nitrogens with zero attached hydrogens (tertiary/aromatic N) is 4. The summed E-state index contributed by atoms with van der Waals surface area (Å²) >= 11 is 0. The van der Waals surface area contributed by atoms with Crippen LogP contribution in [0.25, 0.3) is 0 Å². The Bertz CT molecular complexity index is 1350. The second kappa shape index (κ2) is 10.6. The molecular formula is C29H32N6O2. The molecule has 3 N–H and O–H groups in total. The third kappa shape index (κ3) is 5.57. The minimum atomic E-state index is -0.396. The lowest BCUT2D eigenvalue weighted by Crippen LogP contribution is -2.39. The summed E-state index contributed by atoms with van der Waals surface area (Å²) in [6.07, 6.45) is 4.83. The fourth-order valence-electron chi connectivity index (χ4n) is 5.32. The standard InChI is InChI=1S/C29H32N6O2/c1-18-13-21(16-30)14-19(2)26(18)37-28-24-7-4-8-25(24)33-29(34-28)32-23-9-11-35(12-10-23)17-20-5-3-6-22(15-20)27(31)36/h3,5-6,13-15,23H,4,7-12,17H2,1-2H3,(H2,31,36)(H,32,33,34). The highest BCUT2D eigenvalue weighted by molar-refractivity contribution is 5.92. The Morgan fingerprint density at radius 1 is 1.16 bits per heavy atom. The monoisotopic (exact) mass is 496 g/mol. The predicted octanol–water partition coefficient (Wildman–Crippen LogP) is 4.42. The van der Waals surface area contributed by atoms with E-state index in [0.29, 0.717) is 23.0 Å². The molecule has 2 aliphatic rings. The first-order chi connectivity index (χ1) is 17.9. The van der Waals surface area contributed by atoms with Crippen molar-refractivity contribution in [2.45, 2.75) is 58.5 Å². The van der Waals surface area contributed by atoms with Gasteiger partial charge in [-0.25, -0.2) is 4.98 Å². The first kappa shape index (κ1) is 24.7. The Labute approximate surface area is 217 Å². The van der Waals surface area contributed by atoms with Crippen molar-refractivity contribution < 1.29 is 9.53 Å². The minimum absolute atomic E-state index is 0.277. The minimum Gasteiger partial charge on any atom is -0.438 e. The van der Waals surface area contributed by atoms with Crippen LogP contribution in [-0.2, 0) is 19.4 Å². The van der Waals surface area contributed by atoms with Gasteiger partial charge in [0.25, 0.3) is 0 Å². The number of amides is 1. The number of primary amides is 1. The molecule has 8 nitrogen and oxygen atoms in total. The summed E-state index contributed by atoms with van der Waals surface area (Å²) in [6, 6.07) is 13.7. The fraction of sp³-hybridized carbons (Fsp3) is 0.379. The van der Waals surface area contributed by atoms with Gasteiger partial charge in [0.05, 0.1) is 17.3 Å². The molecule has 0 saturated carbocycles. The number of carbonyl (C=O) groups is 1. The molecular weight excluding hydrogens is 464 g/mol. The smallest absolute Gasteiger partial charge is 0.248 e. The van der Waals surface area contributed by atoms with Crippen LogP contribution in [0.5, 0.6) is 11.6 Å². The molecule has 37 heavy (non-hydrogen) atoms. The highest BCUT2D eigenvalue weighted by Gasteiger charge is 2.25. The first-order valence-corrected chi connectivity index (χ1v) is 12.9. The number of piperidine rings is 1. The number of aryl methyl sites for hydroxylation is 3. The lowest BCUT2D eigenvalue weighted by Gasteiger charge is -2.32. The molecule has 1 aliphatic carbocycles. The van der Waals surface area contributed by atoms with Gasteiger partial charge in [0.15, 0.2) is 0 Å². The fourth-order valence-corrected chi connectivity index (χ4v) is 5.32. The van der Waals surface area contributed by atoms with Crippen LogP contribution in [0, 0.1) is 25.2 Å². The van der Waals surface area contributed by atoms with E-state index in [0.717, 1.165) is 85.4 Å². The first-order valence-electron chi connectivity index (χ1n) is 12.9. The molecule has 1 amide bonds. The SMILES string of the molecule is Cc1cc(C#N)cc(C)c1Oc1nc(NC2CCN(Cc3cccc(C(N)=O)c3)CC2)nc2c1CCC2. The number of benzene rings is 2. The Balaban J connectivity index is 1.26. The van der Waals surface area contributed by atoms with Gasteiger partial charge in [-0.3, -0.25) is 9.69 Å². The van der Waals surface area contributed by atoms with Crippen molar-refractivity contribution in [2.75, 3.05) is 18.4 Å². The average Bonchev–Trinajstić information content (AvgIpc) is 3.36. The van der Waals surface area contributed by atoms with Crippen molar-refractivity contribution >= 4 is 11.9 Å². The topological polar surface area (TPSA) is 117 Å². The van der Waals surface area contributed by atoms with E-state index in [-0.39, 0.29) is 6.04 Å². The number of anilines is 1. The number of nitrogens with one attached hydrogen (secondary N) is 1. The Kier molecular flexibility index (Phi) is 7.06. The number of hydrogen-bond acceptors (Lipinski definition) is 7. The molecule has 190 valence electrons. The van der Waals surface area contributed by atoms with Crippen molar-refractivity contribution in [3.8, 4) is 17.7 Å². The van der Waals surface area contributed by atoms with E-state index < -0.39 is 5.91 Å². The van der Waals surface area contributed by atoms with Crippen LogP contribution in [0.1, 0.15) is 63.1 Å². The van der Waals surface area contributed by atoms with Gasteiger partial charge in [0.1, 0.15) is 5.75 Å². The van der Waals surface area contributed by atoms with Crippen LogP contribution in [0.2, 0.25) is 0 Å². The summed E-state index contributed by atoms with van der Waals surface area (Å²) in [7, 11) is 0. The maximum absolute atomic E-state index is 11.5. The molecule has 1 aromatic heterocycles. The number of nitriles is 1. The third-order valence-electron chi connectivity index (χ3n) is 7.22. The van der Waals surface area contributed by atoms with E-state index in [9.17, 15) is 10.1 Å². The van der Waals surface area contributed by atoms with Crippen LogP contribution in [0.15, 0.2) is 36.4 Å². The van der Waals surface area contributed by atoms with Gasteiger partial charge >= 0.3 is 0 Å². The molecule has 1 saturated heterocycles. The molecule has 0 bridgehead atoms. The molecule has 0 atom stereocenters. The number of ether oxygens (including phenoxy) is 1. The zero-order valence-corrected chi connectivity index (χ0v) is 21.4. The lowest BCUT2D eigenvalue weighted by atomic mass is 10.0. The number of fused-ring (bicyclic) bond motifs is 1. The van der Waals surface area contributed by atoms with Crippen LogP contribution < -0.4 is 15.8 Å². The molecule has 2 heterocycles. The molecule has 0 radical (unpaired) electrons. The van der Waals surface area contributed by atoms with Crippen LogP contribution in [-0.4, -0.2) is 39.9 Å². The Morgan fingerprint density at radius 3 is 2.62 bits per heavy atom. The van der Waals surface area contributed by atoms with E-state index in [1.165, 1.54) is 0 Å².